The van der Waals surface area contributed by atoms with Crippen LogP contribution in [-0.4, -0.2) is 16.2 Å². The third-order valence-corrected chi connectivity index (χ3v) is 3.03. The Labute approximate surface area is 91.3 Å². The van der Waals surface area contributed by atoms with Crippen LogP contribution in [0.25, 0.3) is 0 Å². The fourth-order valence-corrected chi connectivity index (χ4v) is 2.19. The van der Waals surface area contributed by atoms with Crippen molar-refractivity contribution in [2.75, 3.05) is 5.32 Å². The van der Waals surface area contributed by atoms with Gasteiger partial charge in [0.25, 0.3) is 0 Å². The fourth-order valence-electron chi connectivity index (χ4n) is 2.19. The van der Waals surface area contributed by atoms with E-state index < -0.39 is 0 Å². The number of nitrogens with zero attached hydrogens (tertiary/aromatic N) is 2. The predicted molar refractivity (Wildman–Crippen MR) is 61.8 cm³/mol. The largest absolute Gasteiger partial charge is 0.366 e. The number of hydrogen-bond acceptors (Lipinski definition) is 3. The van der Waals surface area contributed by atoms with E-state index in [1.165, 1.54) is 44.9 Å². The number of anilines is 1. The number of aromatic nitrogens is 2. The van der Waals surface area contributed by atoms with Crippen molar-refractivity contribution in [2.45, 2.75) is 51.0 Å². The van der Waals surface area contributed by atoms with Gasteiger partial charge >= 0.3 is 0 Å². The first-order valence-corrected chi connectivity index (χ1v) is 5.99. The van der Waals surface area contributed by atoms with Gasteiger partial charge in [0.2, 0.25) is 0 Å². The molecule has 1 saturated carbocycles. The van der Waals surface area contributed by atoms with Crippen LogP contribution in [-0.2, 0) is 0 Å². The summed E-state index contributed by atoms with van der Waals surface area (Å²) in [6.07, 6.45) is 11.1. The normalized spacial score (nSPS) is 19.2. The van der Waals surface area contributed by atoms with E-state index in [1.54, 1.807) is 6.20 Å². The summed E-state index contributed by atoms with van der Waals surface area (Å²) in [6, 6.07) is 4.52. The average molecular weight is 205 g/mol. The maximum Gasteiger partial charge on any atom is 0.148 e. The highest BCUT2D eigenvalue weighted by Gasteiger charge is 2.11. The van der Waals surface area contributed by atoms with Crippen LogP contribution in [0.4, 0.5) is 5.82 Å². The second-order valence-corrected chi connectivity index (χ2v) is 4.30. The molecule has 82 valence electrons. The minimum atomic E-state index is 0.599. The van der Waals surface area contributed by atoms with Crippen molar-refractivity contribution < 1.29 is 0 Å². The van der Waals surface area contributed by atoms with Crippen LogP contribution in [0.1, 0.15) is 44.9 Å². The van der Waals surface area contributed by atoms with Gasteiger partial charge in [0.1, 0.15) is 5.82 Å². The molecule has 1 aliphatic carbocycles. The Morgan fingerprint density at radius 1 is 1.07 bits per heavy atom. The summed E-state index contributed by atoms with van der Waals surface area (Å²) in [5.74, 6) is 0.920. The Hall–Kier alpha value is -1.12. The van der Waals surface area contributed by atoms with Gasteiger partial charge in [-0.3, -0.25) is 0 Å². The topological polar surface area (TPSA) is 37.8 Å². The molecule has 0 spiro atoms. The molecule has 1 N–H and O–H groups in total. The molecule has 0 radical (unpaired) electrons. The van der Waals surface area contributed by atoms with E-state index in [-0.39, 0.29) is 0 Å². The molecular formula is C12H19N3. The molecule has 3 heteroatoms. The van der Waals surface area contributed by atoms with Crippen LogP contribution in [0.3, 0.4) is 0 Å². The summed E-state index contributed by atoms with van der Waals surface area (Å²) in [7, 11) is 0. The zero-order valence-electron chi connectivity index (χ0n) is 9.15. The molecule has 1 fully saturated rings. The highest BCUT2D eigenvalue weighted by atomic mass is 15.2. The first kappa shape index (κ1) is 10.4. The van der Waals surface area contributed by atoms with E-state index in [0.29, 0.717) is 6.04 Å². The van der Waals surface area contributed by atoms with Gasteiger partial charge < -0.3 is 5.32 Å². The van der Waals surface area contributed by atoms with Gasteiger partial charge in [-0.05, 0) is 25.0 Å². The highest BCUT2D eigenvalue weighted by Crippen LogP contribution is 2.19. The van der Waals surface area contributed by atoms with Gasteiger partial charge in [0.05, 0.1) is 0 Å². The summed E-state index contributed by atoms with van der Waals surface area (Å²) in [5.41, 5.74) is 0. The molecule has 0 amide bonds. The Morgan fingerprint density at radius 3 is 2.47 bits per heavy atom. The highest BCUT2D eigenvalue weighted by molar-refractivity contribution is 5.32. The first-order chi connectivity index (χ1) is 7.45. The lowest BCUT2D eigenvalue weighted by atomic mass is 9.97. The van der Waals surface area contributed by atoms with Crippen LogP contribution in [0.15, 0.2) is 18.3 Å². The lowest BCUT2D eigenvalue weighted by Gasteiger charge is -2.21. The molecule has 1 aromatic heterocycles. The Bertz CT molecular complexity index is 265. The molecule has 0 atom stereocenters. The van der Waals surface area contributed by atoms with Crippen molar-refractivity contribution in [1.29, 1.82) is 0 Å². The molecule has 0 saturated heterocycles. The monoisotopic (exact) mass is 205 g/mol. The van der Waals surface area contributed by atoms with Crippen molar-refractivity contribution in [3.05, 3.63) is 18.3 Å². The smallest absolute Gasteiger partial charge is 0.148 e. The maximum atomic E-state index is 4.07. The van der Waals surface area contributed by atoms with Crippen LogP contribution < -0.4 is 5.32 Å². The van der Waals surface area contributed by atoms with Gasteiger partial charge in [-0.1, -0.05) is 32.1 Å². The second kappa shape index (κ2) is 5.69. The summed E-state index contributed by atoms with van der Waals surface area (Å²) in [6.45, 7) is 0. The molecule has 0 bridgehead atoms. The number of rotatable bonds is 2. The molecule has 0 aliphatic heterocycles. The summed E-state index contributed by atoms with van der Waals surface area (Å²) in [4.78, 5) is 0. The Kier molecular flexibility index (Phi) is 3.94. The number of nitrogens with one attached hydrogen (secondary N) is 1. The molecule has 1 aliphatic rings. The lowest BCUT2D eigenvalue weighted by Crippen LogP contribution is -2.21. The third-order valence-electron chi connectivity index (χ3n) is 3.03. The van der Waals surface area contributed by atoms with E-state index in [9.17, 15) is 0 Å². The minimum absolute atomic E-state index is 0.599. The molecule has 0 unspecified atom stereocenters. The maximum absolute atomic E-state index is 4.07. The van der Waals surface area contributed by atoms with E-state index in [4.69, 9.17) is 0 Å². The molecule has 1 aromatic rings. The summed E-state index contributed by atoms with van der Waals surface area (Å²) < 4.78 is 0. The van der Waals surface area contributed by atoms with Crippen LogP contribution in [0.2, 0.25) is 0 Å². The van der Waals surface area contributed by atoms with Gasteiger partial charge in [-0.2, -0.15) is 5.10 Å². The third kappa shape index (κ3) is 3.50. The zero-order chi connectivity index (χ0) is 10.3. The Balaban J connectivity index is 1.86. The van der Waals surface area contributed by atoms with Crippen molar-refractivity contribution in [3.8, 4) is 0 Å². The van der Waals surface area contributed by atoms with Crippen molar-refractivity contribution in [3.63, 3.8) is 0 Å². The zero-order valence-corrected chi connectivity index (χ0v) is 9.15. The minimum Gasteiger partial charge on any atom is -0.366 e. The van der Waals surface area contributed by atoms with E-state index >= 15 is 0 Å². The van der Waals surface area contributed by atoms with E-state index in [0.717, 1.165) is 5.82 Å². The molecule has 3 nitrogen and oxygen atoms in total. The standard InChI is InChI=1S/C12H19N3/c1-2-4-7-11(8-5-3-1)14-12-9-6-10-13-15-12/h6,9-11H,1-5,7-8H2,(H,14,15). The Morgan fingerprint density at radius 2 is 1.80 bits per heavy atom. The number of hydrogen-bond donors (Lipinski definition) is 1. The van der Waals surface area contributed by atoms with E-state index in [2.05, 4.69) is 15.5 Å². The predicted octanol–water partition coefficient (Wildman–Crippen LogP) is 3.00. The van der Waals surface area contributed by atoms with Crippen LogP contribution in [0, 0.1) is 0 Å². The van der Waals surface area contributed by atoms with Crippen LogP contribution in [0.5, 0.6) is 0 Å². The average Bonchev–Trinajstić information content (AvgIpc) is 2.23. The van der Waals surface area contributed by atoms with Gasteiger partial charge in [0, 0.05) is 12.2 Å². The molecule has 15 heavy (non-hydrogen) atoms. The quantitative estimate of drug-likeness (QED) is 0.806. The van der Waals surface area contributed by atoms with Crippen molar-refractivity contribution in [1.82, 2.24) is 10.2 Å². The lowest BCUT2D eigenvalue weighted by molar-refractivity contribution is 0.470. The second-order valence-electron chi connectivity index (χ2n) is 4.30. The van der Waals surface area contributed by atoms with Crippen molar-refractivity contribution >= 4 is 5.82 Å². The van der Waals surface area contributed by atoms with Crippen molar-refractivity contribution in [2.24, 2.45) is 0 Å². The van der Waals surface area contributed by atoms with E-state index in [1.807, 2.05) is 12.1 Å². The first-order valence-electron chi connectivity index (χ1n) is 5.99. The summed E-state index contributed by atoms with van der Waals surface area (Å²) in [5, 5.41) is 11.4. The van der Waals surface area contributed by atoms with Crippen LogP contribution >= 0.6 is 0 Å². The molecule has 2 rings (SSSR count). The van der Waals surface area contributed by atoms with Gasteiger partial charge in [-0.25, -0.2) is 0 Å². The SMILES string of the molecule is c1cnnc(NC2CCCCCCC2)c1. The molecular weight excluding hydrogens is 186 g/mol. The van der Waals surface area contributed by atoms with Gasteiger partial charge in [-0.15, -0.1) is 5.10 Å². The molecule has 0 aromatic carbocycles. The molecule has 1 heterocycles. The summed E-state index contributed by atoms with van der Waals surface area (Å²) >= 11 is 0. The van der Waals surface area contributed by atoms with Gasteiger partial charge in [0.15, 0.2) is 0 Å². The fraction of sp³-hybridized carbons (Fsp3) is 0.667.